The summed E-state index contributed by atoms with van der Waals surface area (Å²) in [7, 11) is 0. The Morgan fingerprint density at radius 1 is 0.424 bits per heavy atom. The van der Waals surface area contributed by atoms with Gasteiger partial charge in [0, 0.05) is 13.0 Å². The van der Waals surface area contributed by atoms with Gasteiger partial charge in [0.15, 0.2) is 0 Å². The molecule has 0 saturated carbocycles. The second-order valence-electron chi connectivity index (χ2n) is 16.2. The zero-order valence-electron chi connectivity index (χ0n) is 38.7. The summed E-state index contributed by atoms with van der Waals surface area (Å²) in [5.74, 6) is -0.234. The monoisotopic (exact) mass is 819 g/mol. The standard InChI is InChI=1S/C55H94O4/c1-3-5-7-9-11-13-15-17-19-21-23-25-27-28-29-30-32-34-36-38-40-42-44-46-48-50-55(57)59-54(52-56)53-58-51-49-47-45-43-41-39-37-35-33-31-26-24-22-20-18-16-14-12-10-8-6-4-2/h5,7,11,13,17,19,22-25,28-29,32,34,38,40,54,56H,3-4,6,8-10,12,14-16,18,20-21,26-27,30-31,33,35-37,39,41-53H2,1-2H3/b7-5-,13-11-,19-17-,24-22-,25-23-,29-28-,34-32-,40-38-. The van der Waals surface area contributed by atoms with Crippen molar-refractivity contribution in [3.8, 4) is 0 Å². The van der Waals surface area contributed by atoms with Crippen LogP contribution in [-0.2, 0) is 14.3 Å². The Hall–Kier alpha value is -2.69. The number of aliphatic hydroxyl groups is 1. The van der Waals surface area contributed by atoms with Crippen molar-refractivity contribution in [3.63, 3.8) is 0 Å². The number of unbranched alkanes of at least 4 members (excludes halogenated alkanes) is 21. The average Bonchev–Trinajstić information content (AvgIpc) is 3.24. The van der Waals surface area contributed by atoms with E-state index in [9.17, 15) is 9.90 Å². The molecule has 0 amide bonds. The molecule has 1 unspecified atom stereocenters. The van der Waals surface area contributed by atoms with Gasteiger partial charge in [-0.05, 0) is 96.3 Å². The molecule has 0 aromatic heterocycles. The second kappa shape index (κ2) is 51.5. The normalized spacial score (nSPS) is 13.2. The van der Waals surface area contributed by atoms with Crippen molar-refractivity contribution in [1.82, 2.24) is 0 Å². The topological polar surface area (TPSA) is 55.8 Å². The zero-order valence-corrected chi connectivity index (χ0v) is 38.7. The lowest BCUT2D eigenvalue weighted by atomic mass is 10.1. The summed E-state index contributed by atoms with van der Waals surface area (Å²) in [5.41, 5.74) is 0. The Morgan fingerprint density at radius 2 is 0.763 bits per heavy atom. The molecule has 0 spiro atoms. The molecule has 0 aliphatic carbocycles. The van der Waals surface area contributed by atoms with Crippen molar-refractivity contribution in [2.75, 3.05) is 19.8 Å². The van der Waals surface area contributed by atoms with E-state index in [2.05, 4.69) is 111 Å². The van der Waals surface area contributed by atoms with Crippen molar-refractivity contribution in [1.29, 1.82) is 0 Å². The van der Waals surface area contributed by atoms with Crippen molar-refractivity contribution < 1.29 is 19.4 Å². The van der Waals surface area contributed by atoms with E-state index in [-0.39, 0.29) is 19.2 Å². The van der Waals surface area contributed by atoms with Gasteiger partial charge in [-0.3, -0.25) is 4.79 Å². The molecule has 0 aliphatic heterocycles. The molecule has 0 fully saturated rings. The maximum atomic E-state index is 12.3. The fraction of sp³-hybridized carbons (Fsp3) is 0.691. The molecular weight excluding hydrogens is 725 g/mol. The smallest absolute Gasteiger partial charge is 0.306 e. The minimum atomic E-state index is -0.560. The highest BCUT2D eigenvalue weighted by atomic mass is 16.6. The van der Waals surface area contributed by atoms with Gasteiger partial charge in [0.1, 0.15) is 6.10 Å². The third-order valence-corrected chi connectivity index (χ3v) is 10.4. The Morgan fingerprint density at radius 3 is 1.17 bits per heavy atom. The number of allylic oxidation sites excluding steroid dienone is 16. The molecule has 0 radical (unpaired) electrons. The van der Waals surface area contributed by atoms with Gasteiger partial charge in [-0.1, -0.05) is 214 Å². The number of esters is 1. The summed E-state index contributed by atoms with van der Waals surface area (Å²) in [6.45, 7) is 5.20. The number of ether oxygens (including phenoxy) is 2. The van der Waals surface area contributed by atoms with Crippen LogP contribution in [0, 0.1) is 0 Å². The minimum Gasteiger partial charge on any atom is -0.457 e. The quantitative estimate of drug-likeness (QED) is 0.0378. The van der Waals surface area contributed by atoms with Crippen LogP contribution in [0.25, 0.3) is 0 Å². The molecule has 338 valence electrons. The Kier molecular flexibility index (Phi) is 49.1. The van der Waals surface area contributed by atoms with Crippen LogP contribution < -0.4 is 0 Å². The molecule has 59 heavy (non-hydrogen) atoms. The molecule has 0 aromatic carbocycles. The fourth-order valence-corrected chi connectivity index (χ4v) is 6.71. The van der Waals surface area contributed by atoms with Crippen LogP contribution >= 0.6 is 0 Å². The molecule has 1 atom stereocenters. The van der Waals surface area contributed by atoms with Gasteiger partial charge in [0.25, 0.3) is 0 Å². The highest BCUT2D eigenvalue weighted by Gasteiger charge is 2.13. The molecule has 0 heterocycles. The van der Waals surface area contributed by atoms with Crippen LogP contribution in [0.5, 0.6) is 0 Å². The lowest BCUT2D eigenvalue weighted by Crippen LogP contribution is -2.27. The molecule has 0 saturated heterocycles. The minimum absolute atomic E-state index is 0.191. The van der Waals surface area contributed by atoms with E-state index in [0.29, 0.717) is 13.0 Å². The van der Waals surface area contributed by atoms with E-state index in [4.69, 9.17) is 9.47 Å². The third kappa shape index (κ3) is 49.6. The van der Waals surface area contributed by atoms with E-state index in [1.165, 1.54) is 122 Å². The van der Waals surface area contributed by atoms with Crippen LogP contribution in [0.3, 0.4) is 0 Å². The first-order valence-electron chi connectivity index (χ1n) is 24.8. The van der Waals surface area contributed by atoms with Crippen molar-refractivity contribution in [2.45, 2.75) is 225 Å². The third-order valence-electron chi connectivity index (χ3n) is 10.4. The summed E-state index contributed by atoms with van der Waals surface area (Å²) in [4.78, 5) is 12.3. The highest BCUT2D eigenvalue weighted by Crippen LogP contribution is 2.13. The number of rotatable bonds is 45. The molecule has 4 nitrogen and oxygen atoms in total. The number of aliphatic hydroxyl groups excluding tert-OH is 1. The largest absolute Gasteiger partial charge is 0.457 e. The molecule has 0 aromatic rings. The summed E-state index contributed by atoms with van der Waals surface area (Å²) in [6.07, 6.45) is 73.5. The van der Waals surface area contributed by atoms with Crippen molar-refractivity contribution in [3.05, 3.63) is 97.2 Å². The van der Waals surface area contributed by atoms with Crippen LogP contribution in [0.15, 0.2) is 97.2 Å². The maximum Gasteiger partial charge on any atom is 0.306 e. The maximum absolute atomic E-state index is 12.3. The van der Waals surface area contributed by atoms with Gasteiger partial charge in [-0.15, -0.1) is 0 Å². The Balaban J connectivity index is 3.53. The van der Waals surface area contributed by atoms with Gasteiger partial charge >= 0.3 is 5.97 Å². The number of carbonyl (C=O) groups is 1. The van der Waals surface area contributed by atoms with Crippen LogP contribution in [0.2, 0.25) is 0 Å². The van der Waals surface area contributed by atoms with Crippen LogP contribution in [0.4, 0.5) is 0 Å². The first-order chi connectivity index (χ1) is 29.2. The predicted molar refractivity (Wildman–Crippen MR) is 260 cm³/mol. The van der Waals surface area contributed by atoms with E-state index in [1.54, 1.807) is 0 Å². The van der Waals surface area contributed by atoms with Gasteiger partial charge < -0.3 is 14.6 Å². The molecular formula is C55H94O4. The molecule has 4 heteroatoms. The summed E-state index contributed by atoms with van der Waals surface area (Å²) in [6, 6.07) is 0. The lowest BCUT2D eigenvalue weighted by Gasteiger charge is -2.15. The molecule has 0 rings (SSSR count). The number of hydrogen-bond donors (Lipinski definition) is 1. The summed E-state index contributed by atoms with van der Waals surface area (Å²) >= 11 is 0. The molecule has 0 aliphatic rings. The first kappa shape index (κ1) is 56.3. The van der Waals surface area contributed by atoms with E-state index < -0.39 is 6.10 Å². The lowest BCUT2D eigenvalue weighted by molar-refractivity contribution is -0.154. The van der Waals surface area contributed by atoms with Gasteiger partial charge in [-0.25, -0.2) is 0 Å². The summed E-state index contributed by atoms with van der Waals surface area (Å²) < 4.78 is 11.2. The Bertz CT molecular complexity index is 1090. The van der Waals surface area contributed by atoms with Crippen LogP contribution in [-0.4, -0.2) is 37.0 Å². The van der Waals surface area contributed by atoms with Gasteiger partial charge in [-0.2, -0.15) is 0 Å². The number of carbonyl (C=O) groups excluding carboxylic acids is 1. The van der Waals surface area contributed by atoms with Gasteiger partial charge in [0.2, 0.25) is 0 Å². The molecule has 0 bridgehead atoms. The Labute approximate surface area is 366 Å². The van der Waals surface area contributed by atoms with Gasteiger partial charge in [0.05, 0.1) is 13.2 Å². The van der Waals surface area contributed by atoms with Crippen LogP contribution in [0.1, 0.15) is 219 Å². The van der Waals surface area contributed by atoms with E-state index in [0.717, 1.165) is 77.0 Å². The predicted octanol–water partition coefficient (Wildman–Crippen LogP) is 16.9. The first-order valence-corrected chi connectivity index (χ1v) is 24.8. The SMILES string of the molecule is CC/C=C\C/C=C\C/C=C\C/C=C\C/C=C\C/C=C\C/C=C\CCCCCC(=O)OC(CO)COCCCCCCCCCCCC/C=C\CCCCCCCCCC. The van der Waals surface area contributed by atoms with Crippen molar-refractivity contribution >= 4 is 5.97 Å². The van der Waals surface area contributed by atoms with Crippen molar-refractivity contribution in [2.24, 2.45) is 0 Å². The average molecular weight is 819 g/mol. The van der Waals surface area contributed by atoms with E-state index >= 15 is 0 Å². The molecule has 1 N–H and O–H groups in total. The fourth-order valence-electron chi connectivity index (χ4n) is 6.71. The summed E-state index contributed by atoms with van der Waals surface area (Å²) in [5, 5.41) is 9.64. The number of hydrogen-bond acceptors (Lipinski definition) is 4. The zero-order chi connectivity index (χ0) is 42.6. The highest BCUT2D eigenvalue weighted by molar-refractivity contribution is 5.69. The van der Waals surface area contributed by atoms with E-state index in [1.807, 2.05) is 0 Å². The second-order valence-corrected chi connectivity index (χ2v) is 16.2.